The first-order valence-corrected chi connectivity index (χ1v) is 15.8. The molecule has 0 radical (unpaired) electrons. The molecule has 2 aromatic heterocycles. The van der Waals surface area contributed by atoms with Gasteiger partial charge in [-0.1, -0.05) is 11.6 Å². The second-order valence-corrected chi connectivity index (χ2v) is 15.6. The number of fused-ring (bicyclic) bond motifs is 4. The van der Waals surface area contributed by atoms with Crippen LogP contribution in [0.2, 0.25) is 4.34 Å². The Kier molecular flexibility index (Phi) is 5.50. The van der Waals surface area contributed by atoms with Crippen LogP contribution in [0.3, 0.4) is 0 Å². The molecule has 1 nitrogen and oxygen atoms in total. The Hall–Kier alpha value is -1.63. The van der Waals surface area contributed by atoms with E-state index in [1.807, 2.05) is 41.3 Å². The Balaban J connectivity index is 1.28. The van der Waals surface area contributed by atoms with Gasteiger partial charge in [-0.15, -0.1) is 46.2 Å². The number of halogens is 1. The molecule has 36 heavy (non-hydrogen) atoms. The molecule has 7 rings (SSSR count). The summed E-state index contributed by atoms with van der Waals surface area (Å²) in [6.45, 7) is 4.97. The molecule has 1 fully saturated rings. The van der Waals surface area contributed by atoms with Crippen molar-refractivity contribution in [2.24, 2.45) is 0 Å². The first-order chi connectivity index (χ1) is 17.4. The lowest BCUT2D eigenvalue weighted by Crippen LogP contribution is -2.47. The molecule has 182 valence electrons. The van der Waals surface area contributed by atoms with Gasteiger partial charge in [0.2, 0.25) is 0 Å². The van der Waals surface area contributed by atoms with Gasteiger partial charge in [0.05, 0.1) is 20.9 Å². The van der Waals surface area contributed by atoms with Crippen LogP contribution in [0.5, 0.6) is 5.75 Å². The minimum Gasteiger partial charge on any atom is -0.497 e. The molecule has 0 saturated heterocycles. The van der Waals surface area contributed by atoms with Crippen LogP contribution in [-0.4, -0.2) is 16.6 Å². The van der Waals surface area contributed by atoms with Crippen LogP contribution in [0.4, 0.5) is 0 Å². The van der Waals surface area contributed by atoms with Crippen LogP contribution in [-0.2, 0) is 0 Å². The third-order valence-electron chi connectivity index (χ3n) is 8.02. The van der Waals surface area contributed by atoms with Gasteiger partial charge in [0.15, 0.2) is 0 Å². The van der Waals surface area contributed by atoms with E-state index in [0.29, 0.717) is 0 Å². The van der Waals surface area contributed by atoms with Crippen molar-refractivity contribution in [3.63, 3.8) is 0 Å². The summed E-state index contributed by atoms with van der Waals surface area (Å²) in [4.78, 5) is 6.73. The van der Waals surface area contributed by atoms with Crippen LogP contribution in [0.1, 0.15) is 42.9 Å². The SMILES string of the molecule is COc1ccc(-c2ccc(C3=CC4=C5CCCC5=C5C=C(c6ccc(Cl)s6)S[C@@]5(C)[C@]4(C)S3)s2)cc1. The van der Waals surface area contributed by atoms with E-state index in [4.69, 9.17) is 16.3 Å². The molecular formula is C30H25ClOS4. The summed E-state index contributed by atoms with van der Waals surface area (Å²) in [6, 6.07) is 17.2. The molecule has 0 N–H and O–H groups in total. The first-order valence-electron chi connectivity index (χ1n) is 12.2. The highest BCUT2D eigenvalue weighted by Gasteiger charge is 2.59. The van der Waals surface area contributed by atoms with Crippen molar-refractivity contribution in [1.82, 2.24) is 0 Å². The molecular weight excluding hydrogens is 540 g/mol. The van der Waals surface area contributed by atoms with Gasteiger partial charge in [-0.2, -0.15) is 0 Å². The summed E-state index contributed by atoms with van der Waals surface area (Å²) in [7, 11) is 1.71. The van der Waals surface area contributed by atoms with Crippen LogP contribution in [0, 0.1) is 0 Å². The maximum atomic E-state index is 6.32. The van der Waals surface area contributed by atoms with E-state index in [9.17, 15) is 0 Å². The Morgan fingerprint density at radius 3 is 1.83 bits per heavy atom. The number of methoxy groups -OCH3 is 1. The lowest BCUT2D eigenvalue weighted by atomic mass is 9.72. The summed E-state index contributed by atoms with van der Waals surface area (Å²) < 4.78 is 6.19. The third-order valence-corrected chi connectivity index (χ3v) is 14.0. The minimum atomic E-state index is -0.00488. The van der Waals surface area contributed by atoms with Gasteiger partial charge in [0, 0.05) is 24.4 Å². The van der Waals surface area contributed by atoms with Gasteiger partial charge in [-0.3, -0.25) is 0 Å². The summed E-state index contributed by atoms with van der Waals surface area (Å²) in [5.74, 6) is 0.894. The molecule has 6 heteroatoms. The van der Waals surface area contributed by atoms with Gasteiger partial charge >= 0.3 is 0 Å². The van der Waals surface area contributed by atoms with E-state index in [1.165, 1.54) is 49.3 Å². The highest BCUT2D eigenvalue weighted by Crippen LogP contribution is 2.70. The molecule has 1 saturated carbocycles. The van der Waals surface area contributed by atoms with Crippen LogP contribution in [0.15, 0.2) is 83.0 Å². The quantitative estimate of drug-likeness (QED) is 0.312. The van der Waals surface area contributed by atoms with E-state index in [2.05, 4.69) is 68.1 Å². The fourth-order valence-electron chi connectivity index (χ4n) is 6.01. The van der Waals surface area contributed by atoms with Gasteiger partial charge in [0.25, 0.3) is 0 Å². The zero-order valence-electron chi connectivity index (χ0n) is 20.3. The van der Waals surface area contributed by atoms with E-state index in [1.54, 1.807) is 40.7 Å². The smallest absolute Gasteiger partial charge is 0.118 e. The number of thiophene rings is 2. The second-order valence-electron chi connectivity index (χ2n) is 9.92. The summed E-state index contributed by atoms with van der Waals surface area (Å²) in [6.07, 6.45) is 8.67. The average molecular weight is 565 g/mol. The topological polar surface area (TPSA) is 9.23 Å². The zero-order valence-corrected chi connectivity index (χ0v) is 24.3. The third kappa shape index (κ3) is 3.36. The van der Waals surface area contributed by atoms with Crippen molar-refractivity contribution in [2.45, 2.75) is 42.6 Å². The van der Waals surface area contributed by atoms with Crippen molar-refractivity contribution in [3.05, 3.63) is 97.1 Å². The standard InChI is InChI=1S/C30H25ClOS4/c1-29-21(15-26(35-29)24-12-11-23(33-24)17-7-9-18(32-3)10-8-17)19-5-4-6-20(19)22-16-27(36-30(22,29)2)25-13-14-28(31)34-25/h7-16H,4-6H2,1-3H3/t29-,30-/m1/s1. The maximum absolute atomic E-state index is 6.32. The first kappa shape index (κ1) is 23.5. The zero-order chi connectivity index (χ0) is 24.7. The normalized spacial score (nSPS) is 26.7. The number of benzene rings is 1. The second kappa shape index (κ2) is 8.44. The molecule has 2 aliphatic carbocycles. The van der Waals surface area contributed by atoms with E-state index < -0.39 is 0 Å². The summed E-state index contributed by atoms with van der Waals surface area (Å²) in [5.41, 5.74) is 7.58. The fraction of sp³-hybridized carbons (Fsp3) is 0.267. The predicted octanol–water partition coefficient (Wildman–Crippen LogP) is 10.3. The molecule has 0 unspecified atom stereocenters. The fourth-order valence-corrected chi connectivity index (χ4v) is 11.4. The van der Waals surface area contributed by atoms with Crippen LogP contribution < -0.4 is 4.74 Å². The molecule has 0 spiro atoms. The van der Waals surface area contributed by atoms with Gasteiger partial charge < -0.3 is 4.74 Å². The van der Waals surface area contributed by atoms with Crippen molar-refractivity contribution in [3.8, 4) is 16.2 Å². The highest BCUT2D eigenvalue weighted by molar-refractivity contribution is 8.14. The van der Waals surface area contributed by atoms with Crippen LogP contribution in [0.25, 0.3) is 20.3 Å². The van der Waals surface area contributed by atoms with Crippen molar-refractivity contribution >= 4 is 67.6 Å². The summed E-state index contributed by atoms with van der Waals surface area (Å²) in [5, 5.41) is 0. The van der Waals surface area contributed by atoms with Gasteiger partial charge in [-0.05, 0) is 122 Å². The molecule has 4 heterocycles. The van der Waals surface area contributed by atoms with Crippen molar-refractivity contribution < 1.29 is 4.74 Å². The van der Waals surface area contributed by atoms with E-state index >= 15 is 0 Å². The Labute approximate surface area is 234 Å². The van der Waals surface area contributed by atoms with Crippen molar-refractivity contribution in [1.29, 1.82) is 0 Å². The Morgan fingerprint density at radius 2 is 1.28 bits per heavy atom. The maximum Gasteiger partial charge on any atom is 0.118 e. The number of rotatable bonds is 4. The number of ether oxygens (including phenoxy) is 1. The molecule has 3 aromatic rings. The average Bonchev–Trinajstić information content (AvgIpc) is 3.68. The number of thioether (sulfide) groups is 2. The van der Waals surface area contributed by atoms with Gasteiger partial charge in [-0.25, -0.2) is 0 Å². The highest BCUT2D eigenvalue weighted by atomic mass is 35.5. The predicted molar refractivity (Wildman–Crippen MR) is 161 cm³/mol. The number of hydrogen-bond donors (Lipinski definition) is 0. The monoisotopic (exact) mass is 564 g/mol. The van der Waals surface area contributed by atoms with Gasteiger partial charge in [0.1, 0.15) is 5.75 Å². The Morgan fingerprint density at radius 1 is 0.722 bits per heavy atom. The lowest BCUT2D eigenvalue weighted by molar-refractivity contribution is 0.415. The largest absolute Gasteiger partial charge is 0.497 e. The van der Waals surface area contributed by atoms with Crippen molar-refractivity contribution in [2.75, 3.05) is 7.11 Å². The van der Waals surface area contributed by atoms with E-state index in [0.717, 1.165) is 10.1 Å². The molecule has 2 atom stereocenters. The lowest BCUT2D eigenvalue weighted by Gasteiger charge is -2.47. The van der Waals surface area contributed by atoms with E-state index in [-0.39, 0.29) is 9.49 Å². The molecule has 0 amide bonds. The Bertz CT molecular complexity index is 1530. The molecule has 4 aliphatic rings. The number of allylic oxidation sites excluding steroid dienone is 4. The minimum absolute atomic E-state index is 0.00367. The molecule has 0 bridgehead atoms. The molecule has 2 aliphatic heterocycles. The molecule has 1 aromatic carbocycles. The number of hydrogen-bond acceptors (Lipinski definition) is 5. The van der Waals surface area contributed by atoms with Crippen LogP contribution >= 0.6 is 57.8 Å². The summed E-state index contributed by atoms with van der Waals surface area (Å²) >= 11 is 14.0.